The van der Waals surface area contributed by atoms with Crippen LogP contribution in [0.25, 0.3) is 0 Å². The van der Waals surface area contributed by atoms with E-state index < -0.39 is 0 Å². The van der Waals surface area contributed by atoms with Crippen molar-refractivity contribution in [2.45, 2.75) is 18.4 Å². The van der Waals surface area contributed by atoms with Gasteiger partial charge in [-0.3, -0.25) is 0 Å². The average Bonchev–Trinajstić information content (AvgIpc) is 2.58. The van der Waals surface area contributed by atoms with Gasteiger partial charge in [-0.1, -0.05) is 12.1 Å². The number of methoxy groups -OCH3 is 1. The minimum Gasteiger partial charge on any atom is -0.497 e. The third-order valence-electron chi connectivity index (χ3n) is 3.17. The van der Waals surface area contributed by atoms with Crippen molar-refractivity contribution >= 4 is 0 Å². The molecule has 82 valence electrons. The zero-order valence-corrected chi connectivity index (χ0v) is 9.29. The number of nitrogens with one attached hydrogen (secondary N) is 1. The molecule has 1 aromatic carbocycles. The summed E-state index contributed by atoms with van der Waals surface area (Å²) in [5, 5.41) is 3.33. The Balaban J connectivity index is 2.22. The Bertz CT molecular complexity index is 332. The second-order valence-electron chi connectivity index (χ2n) is 4.46. The van der Waals surface area contributed by atoms with Gasteiger partial charge in [0.05, 0.1) is 7.11 Å². The third kappa shape index (κ3) is 1.98. The predicted molar refractivity (Wildman–Crippen MR) is 61.2 cm³/mol. The summed E-state index contributed by atoms with van der Waals surface area (Å²) in [7, 11) is 1.68. The molecule has 1 aliphatic heterocycles. The number of rotatable bonds is 2. The summed E-state index contributed by atoms with van der Waals surface area (Å²) in [4.78, 5) is 0. The van der Waals surface area contributed by atoms with E-state index in [4.69, 9.17) is 10.5 Å². The summed E-state index contributed by atoms with van der Waals surface area (Å²) in [5.74, 6) is 1.28. The van der Waals surface area contributed by atoms with Gasteiger partial charge in [-0.25, -0.2) is 0 Å². The Morgan fingerprint density at radius 2 is 2.07 bits per heavy atom. The normalized spacial score (nSPS) is 30.5. The van der Waals surface area contributed by atoms with Crippen LogP contribution in [0.15, 0.2) is 24.3 Å². The van der Waals surface area contributed by atoms with E-state index in [0.29, 0.717) is 5.92 Å². The Kier molecular flexibility index (Phi) is 2.67. The smallest absolute Gasteiger partial charge is 0.118 e. The molecule has 3 nitrogen and oxygen atoms in total. The van der Waals surface area contributed by atoms with Gasteiger partial charge in [0.2, 0.25) is 0 Å². The van der Waals surface area contributed by atoms with Crippen molar-refractivity contribution in [2.75, 3.05) is 20.2 Å². The Morgan fingerprint density at radius 1 is 1.40 bits per heavy atom. The van der Waals surface area contributed by atoms with Crippen LogP contribution in [0, 0.1) is 0 Å². The molecule has 0 amide bonds. The molecule has 1 fully saturated rings. The van der Waals surface area contributed by atoms with E-state index in [0.717, 1.165) is 18.8 Å². The van der Waals surface area contributed by atoms with Crippen LogP contribution >= 0.6 is 0 Å². The van der Waals surface area contributed by atoms with E-state index in [9.17, 15) is 0 Å². The lowest BCUT2D eigenvalue weighted by molar-refractivity contribution is 0.413. The molecule has 3 N–H and O–H groups in total. The van der Waals surface area contributed by atoms with Gasteiger partial charge in [0.25, 0.3) is 0 Å². The summed E-state index contributed by atoms with van der Waals surface area (Å²) in [6.07, 6.45) is 0. The summed E-state index contributed by atoms with van der Waals surface area (Å²) in [6.45, 7) is 3.94. The number of benzene rings is 1. The second-order valence-corrected chi connectivity index (χ2v) is 4.46. The molecule has 0 aromatic heterocycles. The maximum Gasteiger partial charge on any atom is 0.118 e. The van der Waals surface area contributed by atoms with Crippen molar-refractivity contribution in [1.29, 1.82) is 0 Å². The van der Waals surface area contributed by atoms with Crippen molar-refractivity contribution in [3.8, 4) is 5.75 Å². The van der Waals surface area contributed by atoms with Crippen molar-refractivity contribution in [2.24, 2.45) is 5.73 Å². The van der Waals surface area contributed by atoms with Crippen molar-refractivity contribution in [3.63, 3.8) is 0 Å². The standard InChI is InChI=1S/C12H18N2O/c1-12(13)8-14-7-11(12)9-3-5-10(15-2)6-4-9/h3-6,11,14H,7-8,13H2,1-2H3. The first kappa shape index (κ1) is 10.5. The highest BCUT2D eigenvalue weighted by Crippen LogP contribution is 2.30. The van der Waals surface area contributed by atoms with E-state index in [1.54, 1.807) is 7.11 Å². The molecule has 1 aliphatic rings. The van der Waals surface area contributed by atoms with Gasteiger partial charge < -0.3 is 15.8 Å². The highest BCUT2D eigenvalue weighted by molar-refractivity contribution is 5.32. The number of hydrogen-bond donors (Lipinski definition) is 2. The fourth-order valence-corrected chi connectivity index (χ4v) is 2.18. The largest absolute Gasteiger partial charge is 0.497 e. The summed E-state index contributed by atoms with van der Waals surface area (Å²) < 4.78 is 5.14. The van der Waals surface area contributed by atoms with Crippen molar-refractivity contribution < 1.29 is 4.74 Å². The number of ether oxygens (including phenoxy) is 1. The monoisotopic (exact) mass is 206 g/mol. The molecule has 0 saturated carbocycles. The Labute approximate surface area is 90.6 Å². The molecule has 0 bridgehead atoms. The molecule has 2 unspecified atom stereocenters. The minimum absolute atomic E-state index is 0.144. The molecule has 15 heavy (non-hydrogen) atoms. The summed E-state index contributed by atoms with van der Waals surface area (Å²) in [6, 6.07) is 8.18. The molecular weight excluding hydrogens is 188 g/mol. The SMILES string of the molecule is COc1ccc(C2CNCC2(C)N)cc1. The van der Waals surface area contributed by atoms with E-state index in [1.807, 2.05) is 12.1 Å². The molecule has 1 heterocycles. The maximum absolute atomic E-state index is 6.23. The molecule has 0 spiro atoms. The molecule has 1 saturated heterocycles. The van der Waals surface area contributed by atoms with Crippen LogP contribution in [0.1, 0.15) is 18.4 Å². The van der Waals surface area contributed by atoms with E-state index in [1.165, 1.54) is 5.56 Å². The van der Waals surface area contributed by atoms with Crippen LogP contribution in [0.3, 0.4) is 0 Å². The highest BCUT2D eigenvalue weighted by atomic mass is 16.5. The quantitative estimate of drug-likeness (QED) is 0.761. The third-order valence-corrected chi connectivity index (χ3v) is 3.17. The van der Waals surface area contributed by atoms with Crippen LogP contribution < -0.4 is 15.8 Å². The van der Waals surface area contributed by atoms with Crippen LogP contribution in [0.5, 0.6) is 5.75 Å². The molecule has 0 aliphatic carbocycles. The van der Waals surface area contributed by atoms with Crippen LogP contribution in [0.4, 0.5) is 0 Å². The molecule has 1 aromatic rings. The van der Waals surface area contributed by atoms with Crippen molar-refractivity contribution in [3.05, 3.63) is 29.8 Å². The van der Waals surface area contributed by atoms with Gasteiger partial charge in [-0.15, -0.1) is 0 Å². The van der Waals surface area contributed by atoms with Crippen LogP contribution in [-0.4, -0.2) is 25.7 Å². The van der Waals surface area contributed by atoms with E-state index in [-0.39, 0.29) is 5.54 Å². The fraction of sp³-hybridized carbons (Fsp3) is 0.500. The van der Waals surface area contributed by atoms with Gasteiger partial charge in [-0.05, 0) is 24.6 Å². The lowest BCUT2D eigenvalue weighted by atomic mass is 9.84. The molecule has 2 rings (SSSR count). The minimum atomic E-state index is -0.144. The van der Waals surface area contributed by atoms with Crippen LogP contribution in [-0.2, 0) is 0 Å². The zero-order valence-electron chi connectivity index (χ0n) is 9.29. The second kappa shape index (κ2) is 3.83. The lowest BCUT2D eigenvalue weighted by Crippen LogP contribution is -2.42. The van der Waals surface area contributed by atoms with Gasteiger partial charge in [0, 0.05) is 24.5 Å². The van der Waals surface area contributed by atoms with E-state index >= 15 is 0 Å². The predicted octanol–water partition coefficient (Wildman–Crippen LogP) is 1.10. The lowest BCUT2D eigenvalue weighted by Gasteiger charge is -2.26. The van der Waals surface area contributed by atoms with Gasteiger partial charge in [0.15, 0.2) is 0 Å². The van der Waals surface area contributed by atoms with Gasteiger partial charge >= 0.3 is 0 Å². The highest BCUT2D eigenvalue weighted by Gasteiger charge is 2.35. The summed E-state index contributed by atoms with van der Waals surface area (Å²) >= 11 is 0. The number of hydrogen-bond acceptors (Lipinski definition) is 3. The maximum atomic E-state index is 6.23. The Morgan fingerprint density at radius 3 is 2.53 bits per heavy atom. The van der Waals surface area contributed by atoms with Gasteiger partial charge in [0.1, 0.15) is 5.75 Å². The van der Waals surface area contributed by atoms with Crippen molar-refractivity contribution in [1.82, 2.24) is 5.32 Å². The average molecular weight is 206 g/mol. The molecule has 0 radical (unpaired) electrons. The summed E-state index contributed by atoms with van der Waals surface area (Å²) in [5.41, 5.74) is 7.37. The number of nitrogens with two attached hydrogens (primary N) is 1. The zero-order chi connectivity index (χ0) is 10.9. The molecule has 3 heteroatoms. The first-order valence-electron chi connectivity index (χ1n) is 5.27. The first-order chi connectivity index (χ1) is 7.13. The van der Waals surface area contributed by atoms with Gasteiger partial charge in [-0.2, -0.15) is 0 Å². The Hall–Kier alpha value is -1.06. The molecule has 2 atom stereocenters. The fourth-order valence-electron chi connectivity index (χ4n) is 2.18. The van der Waals surface area contributed by atoms with E-state index in [2.05, 4.69) is 24.4 Å². The molecular formula is C12H18N2O. The van der Waals surface area contributed by atoms with Crippen LogP contribution in [0.2, 0.25) is 0 Å². The first-order valence-corrected chi connectivity index (χ1v) is 5.27. The topological polar surface area (TPSA) is 47.3 Å².